The first-order chi connectivity index (χ1) is 17.6. The molecule has 0 aliphatic heterocycles. The molecule has 0 bridgehead atoms. The number of carbonyl (C=O) groups excluding carboxylic acids is 2. The number of hydrogen-bond donors (Lipinski definition) is 1. The van der Waals surface area contributed by atoms with Crippen molar-refractivity contribution < 1.29 is 24.2 Å². The van der Waals surface area contributed by atoms with Crippen LogP contribution in [0.1, 0.15) is 17.5 Å². The molecule has 0 heterocycles. The van der Waals surface area contributed by atoms with Crippen molar-refractivity contribution in [3.8, 4) is 0 Å². The van der Waals surface area contributed by atoms with Crippen LogP contribution in [0.3, 0.4) is 0 Å². The normalized spacial score (nSPS) is 10.9. The van der Waals surface area contributed by atoms with Crippen LogP contribution in [-0.2, 0) is 32.3 Å². The van der Waals surface area contributed by atoms with Crippen molar-refractivity contribution >= 4 is 40.2 Å². The number of hydrogen-bond acceptors (Lipinski definition) is 5. The number of benzene rings is 4. The molecule has 1 N–H and O–H groups in total. The van der Waals surface area contributed by atoms with Crippen molar-refractivity contribution in [2.75, 3.05) is 0 Å². The monoisotopic (exact) mass is 588 g/mol. The summed E-state index contributed by atoms with van der Waals surface area (Å²) < 4.78 is 13.0. The predicted molar refractivity (Wildman–Crippen MR) is 141 cm³/mol. The quantitative estimate of drug-likeness (QED) is 0.240. The number of carbonyl (C=O) groups is 2. The molecule has 0 amide bonds. The summed E-state index contributed by atoms with van der Waals surface area (Å²) in [7, 11) is 0. The molecule has 6 heteroatoms. The molecule has 0 aliphatic carbocycles. The number of aliphatic hydroxyl groups is 1. The fourth-order valence-electron chi connectivity index (χ4n) is 3.07. The van der Waals surface area contributed by atoms with Crippen LogP contribution in [0.4, 0.5) is 0 Å². The van der Waals surface area contributed by atoms with E-state index in [4.69, 9.17) is 9.47 Å². The van der Waals surface area contributed by atoms with Gasteiger partial charge < -0.3 is 14.6 Å². The second kappa shape index (κ2) is 15.5. The molecule has 0 spiro atoms. The van der Waals surface area contributed by atoms with E-state index in [0.717, 1.165) is 11.1 Å². The Morgan fingerprint density at radius 2 is 1.00 bits per heavy atom. The van der Waals surface area contributed by atoms with E-state index in [1.807, 2.05) is 48.5 Å². The Hall–Kier alpha value is -3.42. The zero-order valence-corrected chi connectivity index (χ0v) is 22.7. The summed E-state index contributed by atoms with van der Waals surface area (Å²) in [6.45, 7) is 0.154. The minimum atomic E-state index is -1.53. The van der Waals surface area contributed by atoms with Gasteiger partial charge in [0.05, 0.1) is 6.42 Å². The van der Waals surface area contributed by atoms with Crippen LogP contribution >= 0.6 is 0 Å². The summed E-state index contributed by atoms with van der Waals surface area (Å²) in [6.07, 6.45) is -1.96. The number of rotatable bonds is 9. The molecule has 1 unspecified atom stereocenters. The van der Waals surface area contributed by atoms with Crippen LogP contribution < -0.4 is 7.16 Å². The maximum absolute atomic E-state index is 11.6. The number of esters is 2. The van der Waals surface area contributed by atoms with E-state index in [-0.39, 0.29) is 13.2 Å². The van der Waals surface area contributed by atoms with Gasteiger partial charge in [-0.05, 0) is 11.1 Å². The first kappa shape index (κ1) is 27.2. The number of ether oxygens (including phenoxy) is 2. The van der Waals surface area contributed by atoms with Crippen molar-refractivity contribution in [3.63, 3.8) is 0 Å². The van der Waals surface area contributed by atoms with Gasteiger partial charge in [-0.25, -0.2) is 4.79 Å². The average molecular weight is 587 g/mol. The molecule has 1 atom stereocenters. The molecular formula is C30H28O5Sn. The van der Waals surface area contributed by atoms with Gasteiger partial charge in [-0.3, -0.25) is 4.79 Å². The molecule has 0 saturated carbocycles. The van der Waals surface area contributed by atoms with Gasteiger partial charge in [-0.2, -0.15) is 0 Å². The molecule has 2 radical (unpaired) electrons. The number of aliphatic hydroxyl groups excluding tert-OH is 1. The summed E-state index contributed by atoms with van der Waals surface area (Å²) in [5.74, 6) is -1.50. The third-order valence-electron chi connectivity index (χ3n) is 4.93. The molecule has 0 saturated heterocycles. The predicted octanol–water partition coefficient (Wildman–Crippen LogP) is 3.57. The van der Waals surface area contributed by atoms with E-state index >= 15 is 0 Å². The molecule has 5 nitrogen and oxygen atoms in total. The Kier molecular flexibility index (Phi) is 11.7. The zero-order chi connectivity index (χ0) is 25.4. The van der Waals surface area contributed by atoms with Gasteiger partial charge in [-0.1, -0.05) is 60.7 Å². The Balaban J connectivity index is 0.000000233. The van der Waals surface area contributed by atoms with Crippen LogP contribution in [0.15, 0.2) is 121 Å². The molecule has 0 fully saturated rings. The van der Waals surface area contributed by atoms with E-state index in [2.05, 4.69) is 60.7 Å². The van der Waals surface area contributed by atoms with Crippen molar-refractivity contribution in [1.82, 2.24) is 0 Å². The first-order valence-corrected chi connectivity index (χ1v) is 14.4. The van der Waals surface area contributed by atoms with Gasteiger partial charge >= 0.3 is 101 Å². The average Bonchev–Trinajstić information content (AvgIpc) is 2.93. The first-order valence-electron chi connectivity index (χ1n) is 11.6. The third-order valence-corrected chi connectivity index (χ3v) is 8.49. The van der Waals surface area contributed by atoms with Gasteiger partial charge in [0.2, 0.25) is 0 Å². The second-order valence-electron chi connectivity index (χ2n) is 7.82. The fraction of sp³-hybridized carbons (Fsp3) is 0.133. The molecule has 4 rings (SSSR count). The van der Waals surface area contributed by atoms with E-state index in [9.17, 15) is 14.7 Å². The SMILES string of the molecule is O=C(CC(O)C(=O)OCc1ccccc1)OCc1ccccc1.c1cc[c]([Sn][c]2ccccc2)cc1. The van der Waals surface area contributed by atoms with Crippen LogP contribution in [-0.4, -0.2) is 44.3 Å². The summed E-state index contributed by atoms with van der Waals surface area (Å²) in [4.78, 5) is 23.3. The van der Waals surface area contributed by atoms with Gasteiger partial charge in [0.15, 0.2) is 6.10 Å². The molecular weight excluding hydrogens is 559 g/mol. The van der Waals surface area contributed by atoms with Gasteiger partial charge in [-0.15, -0.1) is 0 Å². The molecule has 4 aromatic rings. The van der Waals surface area contributed by atoms with Gasteiger partial charge in [0.25, 0.3) is 0 Å². The molecule has 4 aromatic carbocycles. The fourth-order valence-corrected chi connectivity index (χ4v) is 6.07. The van der Waals surface area contributed by atoms with E-state index in [0.29, 0.717) is 0 Å². The van der Waals surface area contributed by atoms with Crippen LogP contribution in [0.5, 0.6) is 0 Å². The summed E-state index contributed by atoms with van der Waals surface area (Å²) in [5, 5.41) is 9.69. The second-order valence-corrected chi connectivity index (χ2v) is 11.8. The van der Waals surface area contributed by atoms with Crippen LogP contribution in [0, 0.1) is 0 Å². The third kappa shape index (κ3) is 10.5. The molecule has 36 heavy (non-hydrogen) atoms. The van der Waals surface area contributed by atoms with Gasteiger partial charge in [0.1, 0.15) is 13.2 Å². The topological polar surface area (TPSA) is 72.8 Å². The van der Waals surface area contributed by atoms with E-state index in [1.54, 1.807) is 12.1 Å². The Bertz CT molecular complexity index is 1130. The van der Waals surface area contributed by atoms with Gasteiger partial charge in [0, 0.05) is 0 Å². The standard InChI is InChI=1S/C18H18O5.2C6H5.Sn/c19-16(18(21)23-13-15-9-5-2-6-10-15)11-17(20)22-12-14-7-3-1-4-8-14;2*1-2-4-6-5-3-1;/h1-10,16,19H,11-13H2;2*1-5H;. The molecule has 0 aromatic heterocycles. The van der Waals surface area contributed by atoms with Crippen LogP contribution in [0.25, 0.3) is 0 Å². The van der Waals surface area contributed by atoms with E-state index < -0.39 is 45.6 Å². The Morgan fingerprint density at radius 1 is 0.611 bits per heavy atom. The van der Waals surface area contributed by atoms with Crippen molar-refractivity contribution in [3.05, 3.63) is 132 Å². The summed E-state index contributed by atoms with van der Waals surface area (Å²) in [5.41, 5.74) is 1.64. The summed E-state index contributed by atoms with van der Waals surface area (Å²) in [6, 6.07) is 39.8. The molecule has 182 valence electrons. The van der Waals surface area contributed by atoms with Crippen molar-refractivity contribution in [1.29, 1.82) is 0 Å². The Labute approximate surface area is 221 Å². The van der Waals surface area contributed by atoms with Crippen molar-refractivity contribution in [2.24, 2.45) is 0 Å². The maximum atomic E-state index is 11.6. The zero-order valence-electron chi connectivity index (χ0n) is 19.8. The summed E-state index contributed by atoms with van der Waals surface area (Å²) >= 11 is -0.517. The Morgan fingerprint density at radius 3 is 1.44 bits per heavy atom. The minimum absolute atomic E-state index is 0.0514. The van der Waals surface area contributed by atoms with Crippen LogP contribution in [0.2, 0.25) is 0 Å². The van der Waals surface area contributed by atoms with E-state index in [1.165, 1.54) is 7.16 Å². The molecule has 0 aliphatic rings. The van der Waals surface area contributed by atoms with Crippen molar-refractivity contribution in [2.45, 2.75) is 25.7 Å².